The number of hydrogen-bond acceptors (Lipinski definition) is 3. The minimum absolute atomic E-state index is 0.143. The Balaban J connectivity index is 1.92. The number of ether oxygens (including phenoxy) is 1. The molecule has 116 valence electrons. The molecule has 0 radical (unpaired) electrons. The third kappa shape index (κ3) is 4.64. The lowest BCUT2D eigenvalue weighted by molar-refractivity contribution is -0.138. The highest BCUT2D eigenvalue weighted by Crippen LogP contribution is 2.13. The molecule has 1 heterocycles. The number of carbonyl (C=O) groups excluding carboxylic acids is 1. The van der Waals surface area contributed by atoms with Crippen molar-refractivity contribution in [2.45, 2.75) is 37.2 Å². The number of nitrogens with zero attached hydrogens (tertiary/aromatic N) is 1. The molecule has 0 spiro atoms. The molecule has 2 atom stereocenters. The van der Waals surface area contributed by atoms with E-state index in [2.05, 4.69) is 6.92 Å². The predicted molar refractivity (Wildman–Crippen MR) is 83.7 cm³/mol. The summed E-state index contributed by atoms with van der Waals surface area (Å²) in [6.45, 7) is 4.13. The first-order valence-electron chi connectivity index (χ1n) is 7.42. The van der Waals surface area contributed by atoms with Crippen LogP contribution in [0.2, 0.25) is 0 Å². The van der Waals surface area contributed by atoms with Crippen molar-refractivity contribution in [3.05, 3.63) is 29.8 Å². The largest absolute Gasteiger partial charge is 0.375 e. The van der Waals surface area contributed by atoms with Crippen LogP contribution in [0.1, 0.15) is 25.3 Å². The van der Waals surface area contributed by atoms with Crippen molar-refractivity contribution in [1.29, 1.82) is 0 Å². The molecule has 0 bridgehead atoms. The van der Waals surface area contributed by atoms with Crippen molar-refractivity contribution in [2.24, 2.45) is 0 Å². The molecule has 1 aromatic carbocycles. The van der Waals surface area contributed by atoms with Crippen LogP contribution in [0.5, 0.6) is 0 Å². The second-order valence-corrected chi connectivity index (χ2v) is 6.78. The van der Waals surface area contributed by atoms with Crippen molar-refractivity contribution in [3.63, 3.8) is 0 Å². The van der Waals surface area contributed by atoms with Crippen molar-refractivity contribution in [2.75, 3.05) is 26.0 Å². The minimum atomic E-state index is -0.973. The highest BCUT2D eigenvalue weighted by molar-refractivity contribution is 7.84. The Hall–Kier alpha value is -1.20. The fourth-order valence-corrected chi connectivity index (χ4v) is 3.05. The van der Waals surface area contributed by atoms with Crippen LogP contribution < -0.4 is 0 Å². The van der Waals surface area contributed by atoms with Crippen molar-refractivity contribution in [3.8, 4) is 0 Å². The van der Waals surface area contributed by atoms with E-state index in [1.165, 1.54) is 0 Å². The Morgan fingerprint density at radius 3 is 2.71 bits per heavy atom. The summed E-state index contributed by atoms with van der Waals surface area (Å²) in [4.78, 5) is 15.0. The van der Waals surface area contributed by atoms with Gasteiger partial charge in [-0.1, -0.05) is 25.5 Å². The molecule has 0 aliphatic carbocycles. The Labute approximate surface area is 128 Å². The van der Waals surface area contributed by atoms with Crippen LogP contribution in [-0.2, 0) is 26.8 Å². The highest BCUT2D eigenvalue weighted by Gasteiger charge is 2.23. The second-order valence-electron chi connectivity index (χ2n) is 5.40. The molecule has 0 saturated carbocycles. The van der Waals surface area contributed by atoms with Crippen LogP contribution in [0.15, 0.2) is 29.2 Å². The summed E-state index contributed by atoms with van der Waals surface area (Å²) in [5.74, 6) is 0.143. The van der Waals surface area contributed by atoms with Gasteiger partial charge in [0.25, 0.3) is 0 Å². The Bertz CT molecular complexity index is 499. The number of carbonyl (C=O) groups is 1. The van der Waals surface area contributed by atoms with E-state index in [9.17, 15) is 9.00 Å². The zero-order valence-electron chi connectivity index (χ0n) is 12.7. The second kappa shape index (κ2) is 7.71. The van der Waals surface area contributed by atoms with E-state index < -0.39 is 10.8 Å². The van der Waals surface area contributed by atoms with Gasteiger partial charge in [-0.2, -0.15) is 0 Å². The fraction of sp³-hybridized carbons (Fsp3) is 0.562. The topological polar surface area (TPSA) is 46.6 Å². The van der Waals surface area contributed by atoms with Gasteiger partial charge in [0.1, 0.15) is 0 Å². The SMILES string of the molecule is CCC[C@H]1CN(C(=O)Cc2ccc([S@](C)=O)cc2)CCO1. The van der Waals surface area contributed by atoms with Crippen LogP contribution in [0.4, 0.5) is 0 Å². The van der Waals surface area contributed by atoms with Gasteiger partial charge in [0.15, 0.2) is 0 Å². The van der Waals surface area contributed by atoms with Gasteiger partial charge in [0, 0.05) is 35.0 Å². The van der Waals surface area contributed by atoms with Crippen LogP contribution in [0, 0.1) is 0 Å². The number of rotatable bonds is 5. The summed E-state index contributed by atoms with van der Waals surface area (Å²) in [6.07, 6.45) is 4.30. The molecule has 1 amide bonds. The lowest BCUT2D eigenvalue weighted by Gasteiger charge is -2.33. The van der Waals surface area contributed by atoms with Gasteiger partial charge in [-0.3, -0.25) is 9.00 Å². The zero-order chi connectivity index (χ0) is 15.2. The van der Waals surface area contributed by atoms with Crippen LogP contribution in [0.25, 0.3) is 0 Å². The molecule has 1 aromatic rings. The first-order chi connectivity index (χ1) is 10.1. The van der Waals surface area contributed by atoms with Crippen LogP contribution in [0.3, 0.4) is 0 Å². The van der Waals surface area contributed by atoms with Gasteiger partial charge in [0.05, 0.1) is 19.1 Å². The minimum Gasteiger partial charge on any atom is -0.375 e. The number of benzene rings is 1. The van der Waals surface area contributed by atoms with E-state index in [0.29, 0.717) is 26.1 Å². The number of hydrogen-bond donors (Lipinski definition) is 0. The lowest BCUT2D eigenvalue weighted by Crippen LogP contribution is -2.46. The first-order valence-corrected chi connectivity index (χ1v) is 8.97. The molecule has 21 heavy (non-hydrogen) atoms. The lowest BCUT2D eigenvalue weighted by atomic mass is 10.1. The molecule has 0 N–H and O–H groups in total. The summed E-state index contributed by atoms with van der Waals surface area (Å²) < 4.78 is 17.0. The molecular weight excluding hydrogens is 286 g/mol. The van der Waals surface area contributed by atoms with E-state index in [4.69, 9.17) is 4.74 Å². The van der Waals surface area contributed by atoms with E-state index in [1.807, 2.05) is 29.2 Å². The predicted octanol–water partition coefficient (Wildman–Crippen LogP) is 1.99. The summed E-state index contributed by atoms with van der Waals surface area (Å²) >= 11 is 0. The first kappa shape index (κ1) is 16.2. The maximum Gasteiger partial charge on any atom is 0.227 e. The van der Waals surface area contributed by atoms with Gasteiger partial charge in [-0.25, -0.2) is 0 Å². The Morgan fingerprint density at radius 1 is 1.38 bits per heavy atom. The monoisotopic (exact) mass is 309 g/mol. The Kier molecular flexibility index (Phi) is 5.94. The standard InChI is InChI=1S/C16H23NO3S/c1-3-4-14-12-17(9-10-20-14)16(18)11-13-5-7-15(8-6-13)21(2)19/h5-8,14H,3-4,9-12H2,1-2H3/t14-,21-/m0/s1. The molecule has 0 aromatic heterocycles. The number of amides is 1. The third-order valence-corrected chi connectivity index (χ3v) is 4.65. The molecule has 1 saturated heterocycles. The van der Waals surface area contributed by atoms with E-state index in [0.717, 1.165) is 23.3 Å². The molecule has 1 aliphatic rings. The third-order valence-electron chi connectivity index (χ3n) is 3.71. The van der Waals surface area contributed by atoms with Crippen molar-refractivity contribution >= 4 is 16.7 Å². The normalized spacial score (nSPS) is 20.3. The van der Waals surface area contributed by atoms with Gasteiger partial charge in [0.2, 0.25) is 5.91 Å². The summed E-state index contributed by atoms with van der Waals surface area (Å²) in [7, 11) is -0.973. The van der Waals surface area contributed by atoms with E-state index >= 15 is 0 Å². The maximum absolute atomic E-state index is 12.3. The molecule has 1 aliphatic heterocycles. The Morgan fingerprint density at radius 2 is 2.10 bits per heavy atom. The maximum atomic E-state index is 12.3. The van der Waals surface area contributed by atoms with Gasteiger partial charge in [-0.15, -0.1) is 0 Å². The van der Waals surface area contributed by atoms with Crippen molar-refractivity contribution in [1.82, 2.24) is 4.90 Å². The fourth-order valence-electron chi connectivity index (χ4n) is 2.53. The molecule has 2 rings (SSSR count). The summed E-state index contributed by atoms with van der Waals surface area (Å²) in [6, 6.07) is 7.44. The average molecular weight is 309 g/mol. The molecular formula is C16H23NO3S. The smallest absolute Gasteiger partial charge is 0.227 e. The zero-order valence-corrected chi connectivity index (χ0v) is 13.5. The summed E-state index contributed by atoms with van der Waals surface area (Å²) in [5, 5.41) is 0. The molecule has 5 heteroatoms. The van der Waals surface area contributed by atoms with Crippen molar-refractivity contribution < 1.29 is 13.7 Å². The molecule has 4 nitrogen and oxygen atoms in total. The number of morpholine rings is 1. The van der Waals surface area contributed by atoms with Crippen LogP contribution in [-0.4, -0.2) is 47.1 Å². The van der Waals surface area contributed by atoms with Crippen LogP contribution >= 0.6 is 0 Å². The van der Waals surface area contributed by atoms with E-state index in [-0.39, 0.29) is 12.0 Å². The van der Waals surface area contributed by atoms with Gasteiger partial charge < -0.3 is 9.64 Å². The van der Waals surface area contributed by atoms with Gasteiger partial charge in [-0.05, 0) is 24.1 Å². The molecule has 1 fully saturated rings. The molecule has 0 unspecified atom stereocenters. The quantitative estimate of drug-likeness (QED) is 0.836. The average Bonchev–Trinajstić information content (AvgIpc) is 2.48. The van der Waals surface area contributed by atoms with Gasteiger partial charge >= 0.3 is 0 Å². The highest BCUT2D eigenvalue weighted by atomic mass is 32.2. The van der Waals surface area contributed by atoms with E-state index in [1.54, 1.807) is 6.26 Å². The summed E-state index contributed by atoms with van der Waals surface area (Å²) in [5.41, 5.74) is 0.965.